The van der Waals surface area contributed by atoms with E-state index in [1.807, 2.05) is 0 Å². The number of nitro groups is 1. The van der Waals surface area contributed by atoms with Crippen LogP contribution in [0.3, 0.4) is 0 Å². The van der Waals surface area contributed by atoms with Crippen molar-refractivity contribution in [2.24, 2.45) is 0 Å². The molecule has 0 aliphatic carbocycles. The first-order valence-corrected chi connectivity index (χ1v) is 7.06. The molecule has 1 N–H and O–H groups in total. The lowest BCUT2D eigenvalue weighted by Crippen LogP contribution is -2.36. The molecule has 8 nitrogen and oxygen atoms in total. The minimum Gasteiger partial charge on any atom is -0.618 e. The lowest BCUT2D eigenvalue weighted by atomic mass is 10.0. The highest BCUT2D eigenvalue weighted by molar-refractivity contribution is 5.90. The maximum Gasteiger partial charge on any atom is 0.478 e. The van der Waals surface area contributed by atoms with E-state index in [4.69, 9.17) is 4.74 Å². The number of nitrogens with zero attached hydrogens (tertiary/aromatic N) is 3. The largest absolute Gasteiger partial charge is 0.618 e. The summed E-state index contributed by atoms with van der Waals surface area (Å²) in [4.78, 5) is 10.1. The SMILES string of the molecule is COc1cc(C=C(C#N)c2ccc(C(F)(F)F)[n+]([O-])c2)cc([N+](=O)[O-])c1O. The van der Waals surface area contributed by atoms with Gasteiger partial charge in [-0.25, -0.2) is 0 Å². The topological polar surface area (TPSA) is 123 Å². The number of hydrogen-bond acceptors (Lipinski definition) is 6. The van der Waals surface area contributed by atoms with Gasteiger partial charge in [0.15, 0.2) is 11.9 Å². The number of methoxy groups -OCH3 is 1. The van der Waals surface area contributed by atoms with E-state index in [-0.39, 0.29) is 22.4 Å². The van der Waals surface area contributed by atoms with E-state index in [1.54, 1.807) is 6.07 Å². The average molecular weight is 381 g/mol. The van der Waals surface area contributed by atoms with Crippen molar-refractivity contribution in [1.82, 2.24) is 0 Å². The predicted octanol–water partition coefficient (Wildman–Crippen LogP) is 3.03. The molecule has 0 fully saturated rings. The number of hydrogen-bond donors (Lipinski definition) is 1. The van der Waals surface area contributed by atoms with E-state index in [2.05, 4.69) is 0 Å². The summed E-state index contributed by atoms with van der Waals surface area (Å²) in [5.74, 6) is -0.955. The van der Waals surface area contributed by atoms with E-state index in [9.17, 15) is 38.9 Å². The molecule has 2 aromatic rings. The van der Waals surface area contributed by atoms with E-state index < -0.39 is 33.0 Å². The fourth-order valence-electron chi connectivity index (χ4n) is 2.20. The van der Waals surface area contributed by atoms with Crippen molar-refractivity contribution < 1.29 is 32.7 Å². The zero-order valence-electron chi connectivity index (χ0n) is 13.5. The summed E-state index contributed by atoms with van der Waals surface area (Å²) in [5, 5.41) is 41.5. The van der Waals surface area contributed by atoms with Gasteiger partial charge < -0.3 is 15.1 Å². The van der Waals surface area contributed by atoms with Crippen molar-refractivity contribution in [3.8, 4) is 17.6 Å². The zero-order valence-corrected chi connectivity index (χ0v) is 13.5. The first-order valence-electron chi connectivity index (χ1n) is 7.06. The molecule has 0 bridgehead atoms. The fraction of sp³-hybridized carbons (Fsp3) is 0.125. The minimum atomic E-state index is -4.86. The first kappa shape index (κ1) is 19.5. The molecular formula is C16H10F3N3O5. The molecule has 0 aliphatic rings. The fourth-order valence-corrected chi connectivity index (χ4v) is 2.20. The highest BCUT2D eigenvalue weighted by atomic mass is 19.4. The first-order chi connectivity index (χ1) is 12.6. The molecule has 1 aromatic carbocycles. The number of phenolic OH excluding ortho intramolecular Hbond substituents is 1. The molecule has 140 valence electrons. The zero-order chi connectivity index (χ0) is 20.4. The Morgan fingerprint density at radius 3 is 2.56 bits per heavy atom. The molecule has 1 aromatic heterocycles. The molecule has 0 spiro atoms. The third-order valence-corrected chi connectivity index (χ3v) is 3.44. The maximum atomic E-state index is 12.6. The van der Waals surface area contributed by atoms with Gasteiger partial charge in [-0.05, 0) is 23.8 Å². The molecule has 0 amide bonds. The summed E-state index contributed by atoms with van der Waals surface area (Å²) < 4.78 is 42.4. The van der Waals surface area contributed by atoms with Gasteiger partial charge >= 0.3 is 11.9 Å². The number of nitro benzene ring substituents is 1. The Balaban J connectivity index is 2.57. The van der Waals surface area contributed by atoms with Crippen LogP contribution in [0.25, 0.3) is 11.6 Å². The number of rotatable bonds is 4. The van der Waals surface area contributed by atoms with E-state index in [1.165, 1.54) is 6.07 Å². The van der Waals surface area contributed by atoms with Crippen LogP contribution in [0, 0.1) is 26.7 Å². The third-order valence-electron chi connectivity index (χ3n) is 3.44. The average Bonchev–Trinajstić information content (AvgIpc) is 2.59. The second-order valence-corrected chi connectivity index (χ2v) is 5.14. The molecule has 1 heterocycles. The highest BCUT2D eigenvalue weighted by Crippen LogP contribution is 2.38. The smallest absolute Gasteiger partial charge is 0.478 e. The summed E-state index contributed by atoms with van der Waals surface area (Å²) in [7, 11) is 1.16. The molecule has 0 saturated carbocycles. The number of benzene rings is 1. The van der Waals surface area contributed by atoms with Gasteiger partial charge in [0.05, 0.1) is 23.2 Å². The van der Waals surface area contributed by atoms with E-state index in [0.717, 1.165) is 25.3 Å². The van der Waals surface area contributed by atoms with Crippen LogP contribution in [0.2, 0.25) is 0 Å². The highest BCUT2D eigenvalue weighted by Gasteiger charge is 2.39. The van der Waals surface area contributed by atoms with Gasteiger partial charge in [-0.2, -0.15) is 23.2 Å². The van der Waals surface area contributed by atoms with Gasteiger partial charge in [0.1, 0.15) is 6.07 Å². The number of nitriles is 1. The number of pyridine rings is 1. The standard InChI is InChI=1S/C16H10F3N3O5/c1-27-13-6-9(5-12(15(13)23)22(25)26)4-11(7-20)10-2-3-14(16(17,18)19)21(24)8-10/h2-6,8,23H,1H3. The quantitative estimate of drug-likeness (QED) is 0.285. The molecule has 27 heavy (non-hydrogen) atoms. The van der Waals surface area contributed by atoms with Gasteiger partial charge in [0.25, 0.3) is 5.69 Å². The Labute approximate surface area is 149 Å². The number of ether oxygens (including phenoxy) is 1. The molecule has 2 rings (SSSR count). The van der Waals surface area contributed by atoms with Gasteiger partial charge in [0.2, 0.25) is 5.75 Å². The van der Waals surface area contributed by atoms with Crippen molar-refractivity contribution >= 4 is 17.3 Å². The van der Waals surface area contributed by atoms with Crippen molar-refractivity contribution in [1.29, 1.82) is 5.26 Å². The van der Waals surface area contributed by atoms with Crippen molar-refractivity contribution in [3.05, 3.63) is 62.6 Å². The number of aromatic nitrogens is 1. The van der Waals surface area contributed by atoms with Gasteiger partial charge in [-0.1, -0.05) is 0 Å². The summed E-state index contributed by atoms with van der Waals surface area (Å²) >= 11 is 0. The van der Waals surface area contributed by atoms with E-state index >= 15 is 0 Å². The molecule has 11 heteroatoms. The van der Waals surface area contributed by atoms with Crippen LogP contribution >= 0.6 is 0 Å². The number of allylic oxidation sites excluding steroid dienone is 1. The van der Waals surface area contributed by atoms with Crippen molar-refractivity contribution in [2.45, 2.75) is 6.18 Å². The number of aromatic hydroxyl groups is 1. The molecule has 0 saturated heterocycles. The van der Waals surface area contributed by atoms with Crippen LogP contribution in [0.15, 0.2) is 30.5 Å². The normalized spacial score (nSPS) is 11.7. The number of alkyl halides is 3. The summed E-state index contributed by atoms with van der Waals surface area (Å²) in [6.07, 6.45) is -3.18. The Hall–Kier alpha value is -3.81. The summed E-state index contributed by atoms with van der Waals surface area (Å²) in [6.45, 7) is 0. The third kappa shape index (κ3) is 4.06. The summed E-state index contributed by atoms with van der Waals surface area (Å²) in [5.41, 5.74) is -2.44. The van der Waals surface area contributed by atoms with Crippen LogP contribution < -0.4 is 9.47 Å². The lowest BCUT2D eigenvalue weighted by molar-refractivity contribution is -0.629. The molecule has 0 aliphatic heterocycles. The second-order valence-electron chi connectivity index (χ2n) is 5.14. The maximum absolute atomic E-state index is 12.6. The molecule has 0 unspecified atom stereocenters. The van der Waals surface area contributed by atoms with Crippen LogP contribution in [0.5, 0.6) is 11.5 Å². The Kier molecular flexibility index (Phi) is 5.21. The molecular weight excluding hydrogens is 371 g/mol. The van der Waals surface area contributed by atoms with Crippen LogP contribution in [0.4, 0.5) is 18.9 Å². The van der Waals surface area contributed by atoms with Gasteiger partial charge in [-0.15, -0.1) is 0 Å². The van der Waals surface area contributed by atoms with E-state index in [0.29, 0.717) is 12.3 Å². The van der Waals surface area contributed by atoms with Crippen LogP contribution in [-0.2, 0) is 6.18 Å². The van der Waals surface area contributed by atoms with Crippen molar-refractivity contribution in [2.75, 3.05) is 7.11 Å². The second kappa shape index (κ2) is 7.20. The molecule has 0 atom stereocenters. The van der Waals surface area contributed by atoms with Crippen molar-refractivity contribution in [3.63, 3.8) is 0 Å². The molecule has 0 radical (unpaired) electrons. The van der Waals surface area contributed by atoms with Crippen LogP contribution in [-0.4, -0.2) is 17.1 Å². The number of phenols is 1. The monoisotopic (exact) mass is 381 g/mol. The van der Waals surface area contributed by atoms with Gasteiger partial charge in [-0.3, -0.25) is 10.1 Å². The minimum absolute atomic E-state index is 0.0604. The Morgan fingerprint density at radius 1 is 1.41 bits per heavy atom. The lowest BCUT2D eigenvalue weighted by Gasteiger charge is -2.09. The van der Waals surface area contributed by atoms with Crippen LogP contribution in [0.1, 0.15) is 16.8 Å². The summed E-state index contributed by atoms with van der Waals surface area (Å²) in [6, 6.07) is 5.30. The Bertz CT molecular complexity index is 980. The Morgan fingerprint density at radius 2 is 2.07 bits per heavy atom. The predicted molar refractivity (Wildman–Crippen MR) is 85.2 cm³/mol. The number of halogens is 3. The van der Waals surface area contributed by atoms with Gasteiger partial charge in [0, 0.05) is 12.1 Å².